The van der Waals surface area contributed by atoms with Gasteiger partial charge < -0.3 is 5.11 Å². The number of carbonyl (C=O) groups is 1. The van der Waals surface area contributed by atoms with Crippen molar-refractivity contribution < 1.29 is 9.90 Å². The number of hydrogen-bond acceptors (Lipinski definition) is 2. The Hall–Kier alpha value is -0.890. The zero-order valence-corrected chi connectivity index (χ0v) is 6.29. The molecule has 0 saturated carbocycles. The number of ketones is 1. The molecule has 0 aliphatic carbocycles. The summed E-state index contributed by atoms with van der Waals surface area (Å²) in [5.74, 6) is 0.0157. The maximum Gasteiger partial charge on any atom is 0.152 e. The normalized spacial score (nSPS) is 12.5. The minimum Gasteiger partial charge on any atom is -0.392 e. The van der Waals surface area contributed by atoms with Gasteiger partial charge in [0.1, 0.15) is 0 Å². The molecule has 0 rings (SSSR count). The average Bonchev–Trinajstić information content (AvgIpc) is 1.87. The van der Waals surface area contributed by atoms with Crippen LogP contribution in [0, 0.1) is 0 Å². The predicted molar refractivity (Wildman–Crippen MR) is 40.7 cm³/mol. The van der Waals surface area contributed by atoms with E-state index in [1.54, 1.807) is 19.1 Å². The Morgan fingerprint density at radius 1 is 1.50 bits per heavy atom. The maximum atomic E-state index is 10.3. The lowest BCUT2D eigenvalue weighted by Gasteiger charge is -1.87. The fraction of sp³-hybridized carbons (Fsp3) is 0.375. The van der Waals surface area contributed by atoms with Crippen LogP contribution in [0.25, 0.3) is 0 Å². The Bertz CT molecular complexity index is 166. The largest absolute Gasteiger partial charge is 0.392 e. The van der Waals surface area contributed by atoms with Crippen LogP contribution in [-0.4, -0.2) is 17.5 Å². The zero-order valence-electron chi connectivity index (χ0n) is 6.29. The molecule has 1 N–H and O–H groups in total. The van der Waals surface area contributed by atoms with Crippen molar-refractivity contribution in [2.24, 2.45) is 0 Å². The van der Waals surface area contributed by atoms with Crippen molar-refractivity contribution in [2.75, 3.05) is 6.61 Å². The Morgan fingerprint density at radius 3 is 2.50 bits per heavy atom. The molecule has 0 saturated heterocycles. The molecule has 0 aromatic carbocycles. The van der Waals surface area contributed by atoms with E-state index in [2.05, 4.69) is 0 Å². The summed E-state index contributed by atoms with van der Waals surface area (Å²) in [6.45, 7) is 3.32. The Kier molecular flexibility index (Phi) is 4.50. The first kappa shape index (κ1) is 9.11. The molecule has 10 heavy (non-hydrogen) atoms. The maximum absolute atomic E-state index is 10.3. The van der Waals surface area contributed by atoms with Gasteiger partial charge in [-0.3, -0.25) is 4.79 Å². The van der Waals surface area contributed by atoms with Gasteiger partial charge in [-0.25, -0.2) is 0 Å². The van der Waals surface area contributed by atoms with E-state index in [-0.39, 0.29) is 12.4 Å². The van der Waals surface area contributed by atoms with Gasteiger partial charge in [0.15, 0.2) is 5.78 Å². The molecule has 0 aliphatic rings. The van der Waals surface area contributed by atoms with Gasteiger partial charge in [0.05, 0.1) is 6.61 Å². The molecule has 2 heteroatoms. The number of aliphatic hydroxyl groups is 1. The molecular weight excluding hydrogens is 128 g/mol. The second-order valence-electron chi connectivity index (χ2n) is 2.14. The summed E-state index contributed by atoms with van der Waals surface area (Å²) >= 11 is 0. The molecule has 0 aliphatic heterocycles. The van der Waals surface area contributed by atoms with Gasteiger partial charge in [0, 0.05) is 0 Å². The van der Waals surface area contributed by atoms with E-state index >= 15 is 0 Å². The molecule has 0 radical (unpaired) electrons. The molecule has 0 fully saturated rings. The second kappa shape index (κ2) is 4.94. The van der Waals surface area contributed by atoms with Crippen LogP contribution in [0.3, 0.4) is 0 Å². The molecule has 0 unspecified atom stereocenters. The van der Waals surface area contributed by atoms with E-state index in [9.17, 15) is 4.79 Å². The molecule has 0 spiro atoms. The van der Waals surface area contributed by atoms with Crippen molar-refractivity contribution in [3.8, 4) is 0 Å². The summed E-state index contributed by atoms with van der Waals surface area (Å²) in [5.41, 5.74) is 0.845. The summed E-state index contributed by atoms with van der Waals surface area (Å²) < 4.78 is 0. The molecule has 0 amide bonds. The quantitative estimate of drug-likeness (QED) is 0.470. The molecule has 0 heterocycles. The highest BCUT2D eigenvalue weighted by Crippen LogP contribution is 1.89. The third-order valence-electron chi connectivity index (χ3n) is 0.961. The molecule has 0 aromatic heterocycles. The minimum absolute atomic E-state index is 0.0157. The number of hydrogen-bond donors (Lipinski definition) is 1. The molecular formula is C8H12O2. The van der Waals surface area contributed by atoms with Crippen molar-refractivity contribution in [3.63, 3.8) is 0 Å². The summed E-state index contributed by atoms with van der Waals surface area (Å²) in [6, 6.07) is 0. The lowest BCUT2D eigenvalue weighted by Crippen LogP contribution is -1.82. The second-order valence-corrected chi connectivity index (χ2v) is 2.14. The van der Waals surface area contributed by atoms with Gasteiger partial charge in [-0.2, -0.15) is 0 Å². The van der Waals surface area contributed by atoms with Crippen molar-refractivity contribution in [1.29, 1.82) is 0 Å². The van der Waals surface area contributed by atoms with E-state index < -0.39 is 0 Å². The van der Waals surface area contributed by atoms with Crippen LogP contribution in [-0.2, 0) is 4.79 Å². The van der Waals surface area contributed by atoms with E-state index in [1.165, 1.54) is 13.0 Å². The molecule has 56 valence electrons. The first-order valence-corrected chi connectivity index (χ1v) is 3.12. The number of rotatable bonds is 3. The van der Waals surface area contributed by atoms with Gasteiger partial charge in [-0.1, -0.05) is 12.2 Å². The van der Waals surface area contributed by atoms with Gasteiger partial charge in [-0.15, -0.1) is 0 Å². The van der Waals surface area contributed by atoms with Crippen LogP contribution in [0.5, 0.6) is 0 Å². The van der Waals surface area contributed by atoms with Crippen LogP contribution < -0.4 is 0 Å². The Labute approximate surface area is 60.9 Å². The van der Waals surface area contributed by atoms with Crippen molar-refractivity contribution in [2.45, 2.75) is 13.8 Å². The lowest BCUT2D eigenvalue weighted by atomic mass is 10.3. The van der Waals surface area contributed by atoms with Crippen LogP contribution in [0.15, 0.2) is 23.8 Å². The van der Waals surface area contributed by atoms with Gasteiger partial charge in [0.25, 0.3) is 0 Å². The Morgan fingerprint density at radius 2 is 2.10 bits per heavy atom. The van der Waals surface area contributed by atoms with Gasteiger partial charge in [0.2, 0.25) is 0 Å². The lowest BCUT2D eigenvalue weighted by molar-refractivity contribution is -0.112. The highest BCUT2D eigenvalue weighted by atomic mass is 16.3. The Balaban J connectivity index is 3.82. The number of aliphatic hydroxyl groups excluding tert-OH is 1. The monoisotopic (exact) mass is 140 g/mol. The van der Waals surface area contributed by atoms with Crippen LogP contribution in [0.1, 0.15) is 13.8 Å². The molecule has 0 bridgehead atoms. The van der Waals surface area contributed by atoms with Gasteiger partial charge >= 0.3 is 0 Å². The number of carbonyl (C=O) groups excluding carboxylic acids is 1. The molecule has 2 nitrogen and oxygen atoms in total. The van der Waals surface area contributed by atoms with Gasteiger partial charge in [-0.05, 0) is 25.5 Å². The molecule has 0 aromatic rings. The summed E-state index contributed by atoms with van der Waals surface area (Å²) in [4.78, 5) is 10.3. The van der Waals surface area contributed by atoms with Crippen LogP contribution in [0.2, 0.25) is 0 Å². The zero-order chi connectivity index (χ0) is 7.98. The fourth-order valence-electron chi connectivity index (χ4n) is 0.401. The molecule has 0 atom stereocenters. The fourth-order valence-corrected chi connectivity index (χ4v) is 0.401. The van der Waals surface area contributed by atoms with Crippen LogP contribution in [0.4, 0.5) is 0 Å². The minimum atomic E-state index is 0.0157. The SMILES string of the molecule is CC(=O)C=CC=C(C)CO. The highest BCUT2D eigenvalue weighted by molar-refractivity contribution is 5.87. The summed E-state index contributed by atoms with van der Waals surface area (Å²) in [7, 11) is 0. The predicted octanol–water partition coefficient (Wildman–Crippen LogP) is 1.07. The third-order valence-corrected chi connectivity index (χ3v) is 0.961. The highest BCUT2D eigenvalue weighted by Gasteiger charge is 1.81. The van der Waals surface area contributed by atoms with Crippen molar-refractivity contribution in [1.82, 2.24) is 0 Å². The average molecular weight is 140 g/mol. The smallest absolute Gasteiger partial charge is 0.152 e. The summed E-state index contributed by atoms with van der Waals surface area (Å²) in [5, 5.41) is 8.51. The van der Waals surface area contributed by atoms with E-state index in [0.29, 0.717) is 0 Å². The van der Waals surface area contributed by atoms with Crippen molar-refractivity contribution >= 4 is 5.78 Å². The van der Waals surface area contributed by atoms with E-state index in [4.69, 9.17) is 5.11 Å². The summed E-state index contributed by atoms with van der Waals surface area (Å²) in [6.07, 6.45) is 4.80. The third kappa shape index (κ3) is 5.25. The topological polar surface area (TPSA) is 37.3 Å². The van der Waals surface area contributed by atoms with Crippen LogP contribution >= 0.6 is 0 Å². The first-order chi connectivity index (χ1) is 4.66. The van der Waals surface area contributed by atoms with Crippen molar-refractivity contribution in [3.05, 3.63) is 23.8 Å². The van der Waals surface area contributed by atoms with E-state index in [1.807, 2.05) is 0 Å². The van der Waals surface area contributed by atoms with E-state index in [0.717, 1.165) is 5.57 Å². The standard InChI is InChI=1S/C8H12O2/c1-7(6-9)4-3-5-8(2)10/h3-5,9H,6H2,1-2H3. The first-order valence-electron chi connectivity index (χ1n) is 3.12. The number of allylic oxidation sites excluding steroid dienone is 3.